The van der Waals surface area contributed by atoms with Crippen LogP contribution in [0.4, 0.5) is 24.5 Å². The van der Waals surface area contributed by atoms with E-state index >= 15 is 0 Å². The van der Waals surface area contributed by atoms with Crippen LogP contribution in [0.25, 0.3) is 10.9 Å². The highest BCUT2D eigenvalue weighted by Crippen LogP contribution is 2.21. The predicted octanol–water partition coefficient (Wildman–Crippen LogP) is 1.42. The number of nitrogens with zero attached hydrogens (tertiary/aromatic N) is 2. The van der Waals surface area contributed by atoms with E-state index in [1.807, 2.05) is 18.2 Å². The molecule has 31 heavy (non-hydrogen) atoms. The first-order chi connectivity index (χ1) is 14.6. The van der Waals surface area contributed by atoms with E-state index in [4.69, 9.17) is 15.0 Å². The molecule has 0 saturated carbocycles. The van der Waals surface area contributed by atoms with Crippen LogP contribution < -0.4 is 10.6 Å². The number of amides is 1. The third-order valence-corrected chi connectivity index (χ3v) is 3.67. The van der Waals surface area contributed by atoms with Crippen molar-refractivity contribution >= 4 is 34.2 Å². The molecule has 166 valence electrons. The van der Waals surface area contributed by atoms with E-state index in [-0.39, 0.29) is 12.2 Å². The summed E-state index contributed by atoms with van der Waals surface area (Å²) in [4.78, 5) is 24.9. The summed E-state index contributed by atoms with van der Waals surface area (Å²) >= 11 is 0. The molecule has 1 aromatic carbocycles. The van der Waals surface area contributed by atoms with Gasteiger partial charge in [-0.15, -0.1) is 0 Å². The van der Waals surface area contributed by atoms with Crippen LogP contribution in [0.15, 0.2) is 42.7 Å². The van der Waals surface area contributed by atoms with E-state index in [2.05, 4.69) is 25.8 Å². The van der Waals surface area contributed by atoms with Gasteiger partial charge in [0.2, 0.25) is 0 Å². The molecule has 10 nitrogen and oxygen atoms in total. The number of fused-ring (bicyclic) bond motifs is 1. The summed E-state index contributed by atoms with van der Waals surface area (Å²) in [5.74, 6) is -3.18. The van der Waals surface area contributed by atoms with Crippen LogP contribution in [0.3, 0.4) is 0 Å². The molecule has 0 aliphatic rings. The SMILES string of the molecule is O=C(NC[C@H](O)CO)c1cc(Nc2ccc3[nH]ncc3c2)ccn1.O=C(O)C(F)(F)F. The lowest BCUT2D eigenvalue weighted by Crippen LogP contribution is -2.34. The van der Waals surface area contributed by atoms with Crippen molar-refractivity contribution in [2.45, 2.75) is 12.3 Å². The second-order valence-corrected chi connectivity index (χ2v) is 6.08. The summed E-state index contributed by atoms with van der Waals surface area (Å²) < 4.78 is 31.7. The zero-order chi connectivity index (χ0) is 23.0. The lowest BCUT2D eigenvalue weighted by molar-refractivity contribution is -0.192. The van der Waals surface area contributed by atoms with Gasteiger partial charge >= 0.3 is 12.1 Å². The van der Waals surface area contributed by atoms with Gasteiger partial charge in [-0.2, -0.15) is 18.3 Å². The van der Waals surface area contributed by atoms with Gasteiger partial charge in [-0.25, -0.2) is 4.79 Å². The Morgan fingerprint density at radius 1 is 1.16 bits per heavy atom. The molecule has 0 fully saturated rings. The number of hydrogen-bond donors (Lipinski definition) is 6. The van der Waals surface area contributed by atoms with E-state index in [0.717, 1.165) is 16.6 Å². The average molecular weight is 441 g/mol. The zero-order valence-corrected chi connectivity index (χ0v) is 15.7. The Hall–Kier alpha value is -3.71. The topological polar surface area (TPSA) is 160 Å². The molecule has 3 aromatic rings. The van der Waals surface area contributed by atoms with Crippen LogP contribution in [-0.2, 0) is 4.79 Å². The molecule has 0 saturated heterocycles. The minimum absolute atomic E-state index is 0.0359. The number of anilines is 2. The molecule has 6 N–H and O–H groups in total. The number of aliphatic hydroxyl groups is 2. The van der Waals surface area contributed by atoms with Gasteiger partial charge in [-0.3, -0.25) is 14.9 Å². The Labute approximate surface area is 172 Å². The number of nitrogens with one attached hydrogen (secondary N) is 3. The van der Waals surface area contributed by atoms with Gasteiger partial charge in [0.05, 0.1) is 24.4 Å². The molecule has 0 radical (unpaired) electrons. The van der Waals surface area contributed by atoms with Crippen LogP contribution in [-0.4, -0.2) is 67.8 Å². The van der Waals surface area contributed by atoms with Crippen molar-refractivity contribution < 1.29 is 38.1 Å². The van der Waals surface area contributed by atoms with Crippen molar-refractivity contribution in [3.8, 4) is 0 Å². The van der Waals surface area contributed by atoms with Crippen LogP contribution in [0, 0.1) is 0 Å². The average Bonchev–Trinajstić information content (AvgIpc) is 3.19. The fourth-order valence-corrected chi connectivity index (χ4v) is 2.19. The number of aliphatic hydroxyl groups excluding tert-OH is 2. The molecular formula is C18H18F3N5O5. The highest BCUT2D eigenvalue weighted by atomic mass is 19.4. The number of benzene rings is 1. The van der Waals surface area contributed by atoms with Crippen molar-refractivity contribution in [3.05, 3.63) is 48.4 Å². The highest BCUT2D eigenvalue weighted by molar-refractivity contribution is 5.93. The highest BCUT2D eigenvalue weighted by Gasteiger charge is 2.38. The predicted molar refractivity (Wildman–Crippen MR) is 103 cm³/mol. The number of carbonyl (C=O) groups excluding carboxylic acids is 1. The summed E-state index contributed by atoms with van der Waals surface area (Å²) in [7, 11) is 0. The summed E-state index contributed by atoms with van der Waals surface area (Å²) in [6.07, 6.45) is -2.81. The van der Waals surface area contributed by atoms with Gasteiger partial charge < -0.3 is 26.0 Å². The number of aromatic amines is 1. The minimum atomic E-state index is -5.08. The molecule has 0 unspecified atom stereocenters. The van der Waals surface area contributed by atoms with Gasteiger partial charge in [0.15, 0.2) is 0 Å². The number of rotatable bonds is 6. The Kier molecular flexibility index (Phi) is 7.88. The maximum atomic E-state index is 12.0. The molecule has 2 aromatic heterocycles. The molecule has 0 aliphatic carbocycles. The summed E-state index contributed by atoms with van der Waals surface area (Å²) in [6, 6.07) is 9.11. The normalized spacial score (nSPS) is 11.9. The second kappa shape index (κ2) is 10.4. The minimum Gasteiger partial charge on any atom is -0.475 e. The smallest absolute Gasteiger partial charge is 0.475 e. The van der Waals surface area contributed by atoms with E-state index in [9.17, 15) is 23.1 Å². The number of halogens is 3. The van der Waals surface area contributed by atoms with E-state index in [0.29, 0.717) is 5.69 Å². The van der Waals surface area contributed by atoms with Gasteiger partial charge in [-0.1, -0.05) is 0 Å². The first kappa shape index (κ1) is 23.6. The van der Waals surface area contributed by atoms with Crippen LogP contribution >= 0.6 is 0 Å². The number of carboxylic acid groups (broad SMARTS) is 1. The number of H-pyrrole nitrogens is 1. The molecule has 0 spiro atoms. The number of aromatic nitrogens is 3. The monoisotopic (exact) mass is 441 g/mol. The molecule has 2 heterocycles. The Morgan fingerprint density at radius 2 is 1.84 bits per heavy atom. The largest absolute Gasteiger partial charge is 0.490 e. The number of aliphatic carboxylic acids is 1. The number of carbonyl (C=O) groups is 2. The first-order valence-electron chi connectivity index (χ1n) is 8.63. The molecule has 3 rings (SSSR count). The number of pyridine rings is 1. The number of alkyl halides is 3. The first-order valence-corrected chi connectivity index (χ1v) is 8.63. The molecular weight excluding hydrogens is 423 g/mol. The van der Waals surface area contributed by atoms with Gasteiger partial charge in [0.1, 0.15) is 5.69 Å². The molecule has 1 amide bonds. The third kappa shape index (κ3) is 7.24. The third-order valence-electron chi connectivity index (χ3n) is 3.67. The standard InChI is InChI=1S/C16H17N5O3.C2HF3O2/c22-9-13(23)8-18-16(24)15-6-12(3-4-17-15)20-11-1-2-14-10(5-11)7-19-21-14;3-2(4,5)1(6)7/h1-7,13,22-23H,8-9H2,(H,17,20)(H,18,24)(H,19,21);(H,6,7)/t13-;/m0./s1. The maximum absolute atomic E-state index is 12.0. The van der Waals surface area contributed by atoms with Crippen LogP contribution in [0.5, 0.6) is 0 Å². The van der Waals surface area contributed by atoms with Gasteiger partial charge in [0, 0.05) is 29.5 Å². The van der Waals surface area contributed by atoms with Crippen molar-refractivity contribution in [1.82, 2.24) is 20.5 Å². The van der Waals surface area contributed by atoms with Crippen LogP contribution in [0.2, 0.25) is 0 Å². The summed E-state index contributed by atoms with van der Waals surface area (Å²) in [5, 5.41) is 38.7. The molecule has 0 aliphatic heterocycles. The van der Waals surface area contributed by atoms with Crippen molar-refractivity contribution in [2.24, 2.45) is 0 Å². The van der Waals surface area contributed by atoms with E-state index in [1.54, 1.807) is 18.3 Å². The van der Waals surface area contributed by atoms with Crippen molar-refractivity contribution in [2.75, 3.05) is 18.5 Å². The lowest BCUT2D eigenvalue weighted by atomic mass is 10.2. The number of hydrogen-bond acceptors (Lipinski definition) is 7. The van der Waals surface area contributed by atoms with Gasteiger partial charge in [0.25, 0.3) is 5.91 Å². The van der Waals surface area contributed by atoms with Crippen molar-refractivity contribution in [1.29, 1.82) is 0 Å². The van der Waals surface area contributed by atoms with E-state index < -0.39 is 30.8 Å². The quantitative estimate of drug-likeness (QED) is 0.335. The Morgan fingerprint density at radius 3 is 2.48 bits per heavy atom. The summed E-state index contributed by atoms with van der Waals surface area (Å²) in [6.45, 7) is -0.447. The summed E-state index contributed by atoms with van der Waals surface area (Å²) in [5.41, 5.74) is 2.73. The Bertz CT molecular complexity index is 1040. The Balaban J connectivity index is 0.000000423. The molecule has 0 bridgehead atoms. The molecule has 1 atom stereocenters. The van der Waals surface area contributed by atoms with Gasteiger partial charge in [-0.05, 0) is 30.3 Å². The fourth-order valence-electron chi connectivity index (χ4n) is 2.19. The second-order valence-electron chi connectivity index (χ2n) is 6.08. The van der Waals surface area contributed by atoms with Crippen LogP contribution in [0.1, 0.15) is 10.5 Å². The number of carboxylic acids is 1. The zero-order valence-electron chi connectivity index (χ0n) is 15.7. The van der Waals surface area contributed by atoms with Crippen molar-refractivity contribution in [3.63, 3.8) is 0 Å². The molecule has 13 heteroatoms. The van der Waals surface area contributed by atoms with E-state index in [1.165, 1.54) is 6.20 Å². The fraction of sp³-hybridized carbons (Fsp3) is 0.222. The maximum Gasteiger partial charge on any atom is 0.490 e. The lowest BCUT2D eigenvalue weighted by Gasteiger charge is -2.10.